The largest absolute Gasteiger partial charge is 0.382 e. The molecule has 4 rings (SSSR count). The number of hydrogen-bond donors (Lipinski definition) is 3. The number of anilines is 2. The van der Waals surface area contributed by atoms with E-state index in [0.29, 0.717) is 23.6 Å². The highest BCUT2D eigenvalue weighted by atomic mass is 16.1. The van der Waals surface area contributed by atoms with Gasteiger partial charge in [0.15, 0.2) is 11.5 Å². The predicted molar refractivity (Wildman–Crippen MR) is 114 cm³/mol. The van der Waals surface area contributed by atoms with Gasteiger partial charge in [-0.15, -0.1) is 0 Å². The normalized spacial score (nSPS) is 10.7. The first-order valence-corrected chi connectivity index (χ1v) is 9.31. The summed E-state index contributed by atoms with van der Waals surface area (Å²) < 4.78 is 1.77. The molecule has 150 valence electrons. The first kappa shape index (κ1) is 19.2. The zero-order valence-corrected chi connectivity index (χ0v) is 16.1. The van der Waals surface area contributed by atoms with Crippen LogP contribution in [0.2, 0.25) is 0 Å². The number of pyridine rings is 1. The molecule has 0 atom stereocenters. The number of amides is 1. The van der Waals surface area contributed by atoms with E-state index in [9.17, 15) is 4.79 Å². The lowest BCUT2D eigenvalue weighted by molar-refractivity contribution is 0.102. The third-order valence-corrected chi connectivity index (χ3v) is 4.53. The maximum Gasteiger partial charge on any atom is 0.278 e. The van der Waals surface area contributed by atoms with Crippen LogP contribution in [0.3, 0.4) is 0 Å². The van der Waals surface area contributed by atoms with Gasteiger partial charge >= 0.3 is 0 Å². The Morgan fingerprint density at radius 3 is 2.63 bits per heavy atom. The van der Waals surface area contributed by atoms with Gasteiger partial charge in [-0.1, -0.05) is 24.3 Å². The van der Waals surface area contributed by atoms with Crippen LogP contribution in [0.5, 0.6) is 0 Å². The Labute approximate surface area is 172 Å². The van der Waals surface area contributed by atoms with Crippen LogP contribution in [0.1, 0.15) is 16.1 Å². The zero-order valence-electron chi connectivity index (χ0n) is 16.1. The fraction of sp³-hybridized carbons (Fsp3) is 0.0952. The maximum atomic E-state index is 12.9. The highest BCUT2D eigenvalue weighted by molar-refractivity contribution is 6.06. The lowest BCUT2D eigenvalue weighted by atomic mass is 10.1. The molecule has 3 aromatic heterocycles. The summed E-state index contributed by atoms with van der Waals surface area (Å²) in [6.45, 7) is 0.584. The number of carbonyl (C=O) groups is 1. The van der Waals surface area contributed by atoms with Gasteiger partial charge in [-0.25, -0.2) is 15.0 Å². The van der Waals surface area contributed by atoms with Crippen molar-refractivity contribution in [3.8, 4) is 16.9 Å². The lowest BCUT2D eigenvalue weighted by Crippen LogP contribution is -2.18. The van der Waals surface area contributed by atoms with Crippen LogP contribution >= 0.6 is 0 Å². The summed E-state index contributed by atoms with van der Waals surface area (Å²) in [7, 11) is 0. The van der Waals surface area contributed by atoms with E-state index in [4.69, 9.17) is 11.5 Å². The summed E-state index contributed by atoms with van der Waals surface area (Å²) in [4.78, 5) is 29.6. The summed E-state index contributed by atoms with van der Waals surface area (Å²) in [5.74, 6) is -0.431. The second-order valence-corrected chi connectivity index (χ2v) is 6.54. The molecule has 0 aliphatic carbocycles. The second kappa shape index (κ2) is 8.50. The molecule has 0 bridgehead atoms. The SMILES string of the molecule is NCCc1ccc(-c2cnc(N)c(C(=O)Nc3cnccc3-n3ccnc3)n2)cc1. The van der Waals surface area contributed by atoms with Crippen molar-refractivity contribution in [2.45, 2.75) is 6.42 Å². The fourth-order valence-electron chi connectivity index (χ4n) is 3.01. The predicted octanol–water partition coefficient (Wildman–Crippen LogP) is 2.06. The number of nitrogen functional groups attached to an aromatic ring is 1. The lowest BCUT2D eigenvalue weighted by Gasteiger charge is -2.12. The van der Waals surface area contributed by atoms with E-state index < -0.39 is 5.91 Å². The van der Waals surface area contributed by atoms with Gasteiger partial charge in [-0.2, -0.15) is 0 Å². The van der Waals surface area contributed by atoms with E-state index in [1.54, 1.807) is 47.9 Å². The molecule has 5 N–H and O–H groups in total. The zero-order chi connectivity index (χ0) is 20.9. The van der Waals surface area contributed by atoms with Gasteiger partial charge in [-0.3, -0.25) is 9.78 Å². The standard InChI is InChI=1S/C21H20N8O/c22-7-5-14-1-3-15(4-2-14)16-12-26-20(23)19(27-16)21(30)28-17-11-24-8-6-18(17)29-10-9-25-13-29/h1-4,6,8-13H,5,7,22H2,(H2,23,26)(H,28,30). The average Bonchev–Trinajstić information content (AvgIpc) is 3.30. The van der Waals surface area contributed by atoms with Crippen molar-refractivity contribution < 1.29 is 4.79 Å². The molecular formula is C21H20N8O. The van der Waals surface area contributed by atoms with E-state index >= 15 is 0 Å². The Kier molecular flexibility index (Phi) is 5.44. The van der Waals surface area contributed by atoms with Crippen LogP contribution in [-0.2, 0) is 6.42 Å². The quantitative estimate of drug-likeness (QED) is 0.450. The minimum absolute atomic E-state index is 0.0407. The first-order chi connectivity index (χ1) is 14.7. The van der Waals surface area contributed by atoms with Crippen molar-refractivity contribution in [3.05, 3.63) is 78.9 Å². The summed E-state index contributed by atoms with van der Waals surface area (Å²) in [6.07, 6.45) is 10.6. The van der Waals surface area contributed by atoms with Gasteiger partial charge < -0.3 is 21.4 Å². The summed E-state index contributed by atoms with van der Waals surface area (Å²) in [5, 5.41) is 2.81. The Bertz CT molecular complexity index is 1160. The van der Waals surface area contributed by atoms with Gasteiger partial charge in [0.2, 0.25) is 0 Å². The molecule has 1 amide bonds. The number of rotatable bonds is 6. The van der Waals surface area contributed by atoms with Crippen LogP contribution in [0.15, 0.2) is 67.6 Å². The monoisotopic (exact) mass is 400 g/mol. The molecule has 0 saturated carbocycles. The number of carbonyl (C=O) groups excluding carboxylic acids is 1. The minimum Gasteiger partial charge on any atom is -0.382 e. The number of nitrogens with two attached hydrogens (primary N) is 2. The second-order valence-electron chi connectivity index (χ2n) is 6.54. The highest BCUT2D eigenvalue weighted by Gasteiger charge is 2.17. The first-order valence-electron chi connectivity index (χ1n) is 9.31. The highest BCUT2D eigenvalue weighted by Crippen LogP contribution is 2.22. The average molecular weight is 400 g/mol. The molecule has 0 radical (unpaired) electrons. The summed E-state index contributed by atoms with van der Waals surface area (Å²) in [6, 6.07) is 9.57. The maximum absolute atomic E-state index is 12.9. The minimum atomic E-state index is -0.476. The third kappa shape index (κ3) is 4.01. The van der Waals surface area contributed by atoms with Gasteiger partial charge in [0.05, 0.1) is 35.8 Å². The van der Waals surface area contributed by atoms with E-state index in [1.807, 2.05) is 24.3 Å². The van der Waals surface area contributed by atoms with Gasteiger partial charge in [0.1, 0.15) is 0 Å². The molecular weight excluding hydrogens is 380 g/mol. The van der Waals surface area contributed by atoms with Crippen LogP contribution in [0.25, 0.3) is 16.9 Å². The molecule has 0 saturated heterocycles. The number of imidazole rings is 1. The molecule has 4 aromatic rings. The Morgan fingerprint density at radius 1 is 1.07 bits per heavy atom. The van der Waals surface area contributed by atoms with Crippen molar-refractivity contribution in [2.24, 2.45) is 5.73 Å². The van der Waals surface area contributed by atoms with Crippen LogP contribution in [0.4, 0.5) is 11.5 Å². The third-order valence-electron chi connectivity index (χ3n) is 4.53. The Hall–Kier alpha value is -4.11. The molecule has 9 heteroatoms. The fourth-order valence-corrected chi connectivity index (χ4v) is 3.01. The van der Waals surface area contributed by atoms with Crippen molar-refractivity contribution in [1.82, 2.24) is 24.5 Å². The van der Waals surface area contributed by atoms with Crippen molar-refractivity contribution >= 4 is 17.4 Å². The molecule has 0 fully saturated rings. The molecule has 0 aliphatic heterocycles. The molecule has 0 spiro atoms. The van der Waals surface area contributed by atoms with Crippen LogP contribution in [0, 0.1) is 0 Å². The molecule has 3 heterocycles. The number of nitrogens with zero attached hydrogens (tertiary/aromatic N) is 5. The summed E-state index contributed by atoms with van der Waals surface area (Å²) in [5.41, 5.74) is 15.3. The van der Waals surface area contributed by atoms with Crippen molar-refractivity contribution in [3.63, 3.8) is 0 Å². The summed E-state index contributed by atoms with van der Waals surface area (Å²) >= 11 is 0. The van der Waals surface area contributed by atoms with Gasteiger partial charge in [-0.05, 0) is 24.6 Å². The molecule has 0 aliphatic rings. The van der Waals surface area contributed by atoms with Crippen LogP contribution < -0.4 is 16.8 Å². The molecule has 0 unspecified atom stereocenters. The smallest absolute Gasteiger partial charge is 0.278 e. The number of hydrogen-bond acceptors (Lipinski definition) is 7. The molecule has 9 nitrogen and oxygen atoms in total. The Morgan fingerprint density at radius 2 is 1.90 bits per heavy atom. The van der Waals surface area contributed by atoms with Crippen LogP contribution in [-0.4, -0.2) is 37.0 Å². The van der Waals surface area contributed by atoms with E-state index in [1.165, 1.54) is 0 Å². The molecule has 1 aromatic carbocycles. The van der Waals surface area contributed by atoms with Gasteiger partial charge in [0.25, 0.3) is 5.91 Å². The van der Waals surface area contributed by atoms with E-state index in [0.717, 1.165) is 17.5 Å². The Balaban J connectivity index is 1.62. The van der Waals surface area contributed by atoms with Crippen molar-refractivity contribution in [2.75, 3.05) is 17.6 Å². The molecule has 30 heavy (non-hydrogen) atoms. The van der Waals surface area contributed by atoms with E-state index in [2.05, 4.69) is 25.3 Å². The van der Waals surface area contributed by atoms with Crippen molar-refractivity contribution in [1.29, 1.82) is 0 Å². The number of aromatic nitrogens is 5. The van der Waals surface area contributed by atoms with Gasteiger partial charge in [0, 0.05) is 24.2 Å². The number of nitrogens with one attached hydrogen (secondary N) is 1. The topological polar surface area (TPSA) is 138 Å². The van der Waals surface area contributed by atoms with E-state index in [-0.39, 0.29) is 11.5 Å². The number of benzene rings is 1.